The maximum absolute atomic E-state index is 13.6. The van der Waals surface area contributed by atoms with Gasteiger partial charge in [-0.3, -0.25) is 4.79 Å². The largest absolute Gasteiger partial charge is 0.478 e. The van der Waals surface area contributed by atoms with Gasteiger partial charge < -0.3 is 10.4 Å². The van der Waals surface area contributed by atoms with Gasteiger partial charge in [0.2, 0.25) is 5.91 Å². The lowest BCUT2D eigenvalue weighted by Gasteiger charge is -2.04. The number of rotatable bonds is 5. The van der Waals surface area contributed by atoms with Crippen molar-refractivity contribution >= 4 is 46.6 Å². The van der Waals surface area contributed by atoms with Crippen molar-refractivity contribution in [1.82, 2.24) is 0 Å². The van der Waals surface area contributed by atoms with E-state index >= 15 is 0 Å². The summed E-state index contributed by atoms with van der Waals surface area (Å²) in [4.78, 5) is 24.4. The number of benzene rings is 2. The number of nitrogens with one attached hydrogen (secondary N) is 1. The van der Waals surface area contributed by atoms with Crippen molar-refractivity contribution in [2.24, 2.45) is 0 Å². The van der Waals surface area contributed by atoms with Gasteiger partial charge >= 0.3 is 5.97 Å². The van der Waals surface area contributed by atoms with Gasteiger partial charge in [0.05, 0.1) is 10.6 Å². The number of thiophene rings is 1. The minimum atomic E-state index is -1.16. The van der Waals surface area contributed by atoms with Crippen LogP contribution in [0.2, 0.25) is 5.02 Å². The van der Waals surface area contributed by atoms with E-state index in [1.807, 2.05) is 0 Å². The van der Waals surface area contributed by atoms with E-state index in [1.165, 1.54) is 29.5 Å². The molecule has 0 spiro atoms. The molecule has 7 heteroatoms. The molecule has 0 fully saturated rings. The van der Waals surface area contributed by atoms with Crippen LogP contribution < -0.4 is 5.32 Å². The van der Waals surface area contributed by atoms with Crippen LogP contribution in [0.25, 0.3) is 16.5 Å². The summed E-state index contributed by atoms with van der Waals surface area (Å²) in [5, 5.41) is 14.2. The Morgan fingerprint density at radius 2 is 1.81 bits per heavy atom. The fraction of sp³-hybridized carbons (Fsp3) is 0. The highest BCUT2D eigenvalue weighted by Gasteiger charge is 2.20. The Balaban J connectivity index is 1.85. The Kier molecular flexibility index (Phi) is 5.69. The second-order valence-corrected chi connectivity index (χ2v) is 6.83. The van der Waals surface area contributed by atoms with Crippen LogP contribution in [-0.2, 0) is 4.79 Å². The first-order valence-electron chi connectivity index (χ1n) is 7.80. The summed E-state index contributed by atoms with van der Waals surface area (Å²) in [6, 6.07) is 12.8. The first kappa shape index (κ1) is 18.8. The highest BCUT2D eigenvalue weighted by atomic mass is 35.5. The summed E-state index contributed by atoms with van der Waals surface area (Å²) in [6.45, 7) is 0. The Morgan fingerprint density at radius 1 is 1.11 bits per heavy atom. The minimum absolute atomic E-state index is 0.00466. The summed E-state index contributed by atoms with van der Waals surface area (Å²) >= 11 is 7.07. The van der Waals surface area contributed by atoms with Gasteiger partial charge in [0, 0.05) is 22.0 Å². The molecular formula is C20H13ClFNO3S. The highest BCUT2D eigenvalue weighted by Crippen LogP contribution is 2.36. The summed E-state index contributed by atoms with van der Waals surface area (Å²) in [5.74, 6) is -2.16. The van der Waals surface area contributed by atoms with Gasteiger partial charge in [-0.15, -0.1) is 11.3 Å². The van der Waals surface area contributed by atoms with Crippen molar-refractivity contribution in [2.75, 3.05) is 5.32 Å². The van der Waals surface area contributed by atoms with E-state index in [2.05, 4.69) is 5.32 Å². The van der Waals surface area contributed by atoms with Crippen LogP contribution in [0, 0.1) is 5.82 Å². The normalized spacial score (nSPS) is 10.9. The number of carboxylic acids is 1. The van der Waals surface area contributed by atoms with Crippen molar-refractivity contribution in [2.45, 2.75) is 0 Å². The molecule has 136 valence electrons. The van der Waals surface area contributed by atoms with Gasteiger partial charge in [0.15, 0.2) is 0 Å². The van der Waals surface area contributed by atoms with Crippen molar-refractivity contribution in [1.29, 1.82) is 0 Å². The van der Waals surface area contributed by atoms with Crippen LogP contribution in [0.5, 0.6) is 0 Å². The molecule has 0 aliphatic heterocycles. The van der Waals surface area contributed by atoms with Gasteiger partial charge in [-0.25, -0.2) is 9.18 Å². The molecule has 27 heavy (non-hydrogen) atoms. The SMILES string of the molecule is O=C(C=Cc1ccccc1F)Nc1csc(-c2ccc(Cl)cc2)c1C(=O)O. The molecule has 1 amide bonds. The van der Waals surface area contributed by atoms with Crippen LogP contribution in [-0.4, -0.2) is 17.0 Å². The molecule has 0 aliphatic rings. The van der Waals surface area contributed by atoms with Crippen LogP contribution in [0.15, 0.2) is 60.0 Å². The standard InChI is InChI=1S/C20H13ClFNO3S/c21-14-8-5-13(6-9-14)19-18(20(25)26)16(11-27-19)23-17(24)10-7-12-3-1-2-4-15(12)22/h1-11H,(H,23,24)(H,25,26). The molecule has 2 N–H and O–H groups in total. The number of carbonyl (C=O) groups excluding carboxylic acids is 1. The number of amides is 1. The average Bonchev–Trinajstić information content (AvgIpc) is 3.05. The predicted molar refractivity (Wildman–Crippen MR) is 106 cm³/mol. The summed E-state index contributed by atoms with van der Waals surface area (Å²) in [7, 11) is 0. The quantitative estimate of drug-likeness (QED) is 0.550. The number of aromatic carboxylic acids is 1. The third kappa shape index (κ3) is 4.42. The second-order valence-electron chi connectivity index (χ2n) is 5.51. The van der Waals surface area contributed by atoms with Gasteiger partial charge in [-0.1, -0.05) is 41.9 Å². The molecule has 2 aromatic carbocycles. The number of halogens is 2. The van der Waals surface area contributed by atoms with Crippen molar-refractivity contribution in [3.8, 4) is 10.4 Å². The molecule has 3 aromatic rings. The number of carboxylic acid groups (broad SMARTS) is 1. The van der Waals surface area contributed by atoms with E-state index < -0.39 is 17.7 Å². The maximum atomic E-state index is 13.6. The molecule has 4 nitrogen and oxygen atoms in total. The summed E-state index contributed by atoms with van der Waals surface area (Å²) in [6.07, 6.45) is 2.49. The lowest BCUT2D eigenvalue weighted by Crippen LogP contribution is -2.11. The number of anilines is 1. The average molecular weight is 402 g/mol. The Bertz CT molecular complexity index is 1030. The third-order valence-corrected chi connectivity index (χ3v) is 4.97. The molecule has 0 bridgehead atoms. The highest BCUT2D eigenvalue weighted by molar-refractivity contribution is 7.14. The molecule has 3 rings (SSSR count). The van der Waals surface area contributed by atoms with Gasteiger partial charge in [-0.05, 0) is 29.8 Å². The van der Waals surface area contributed by atoms with Gasteiger partial charge in [0.25, 0.3) is 0 Å². The Hall–Kier alpha value is -2.96. The monoisotopic (exact) mass is 401 g/mol. The van der Waals surface area contributed by atoms with E-state index in [0.717, 1.165) is 6.08 Å². The fourth-order valence-corrected chi connectivity index (χ4v) is 3.55. The lowest BCUT2D eigenvalue weighted by molar-refractivity contribution is -0.111. The molecule has 1 heterocycles. The maximum Gasteiger partial charge on any atom is 0.339 e. The van der Waals surface area contributed by atoms with E-state index in [9.17, 15) is 19.1 Å². The Morgan fingerprint density at radius 3 is 2.48 bits per heavy atom. The summed E-state index contributed by atoms with van der Waals surface area (Å²) < 4.78 is 13.6. The Labute approximate surface area is 163 Å². The van der Waals surface area contributed by atoms with E-state index in [4.69, 9.17) is 11.6 Å². The number of hydrogen-bond acceptors (Lipinski definition) is 3. The molecule has 0 saturated carbocycles. The van der Waals surface area contributed by atoms with Crippen molar-refractivity contribution < 1.29 is 19.1 Å². The molecule has 0 aliphatic carbocycles. The number of hydrogen-bond donors (Lipinski definition) is 2. The smallest absolute Gasteiger partial charge is 0.339 e. The first-order chi connectivity index (χ1) is 13.0. The molecular weight excluding hydrogens is 389 g/mol. The van der Waals surface area contributed by atoms with Crippen LogP contribution in [0.1, 0.15) is 15.9 Å². The molecule has 0 atom stereocenters. The number of carbonyl (C=O) groups is 2. The third-order valence-electron chi connectivity index (χ3n) is 3.69. The second kappa shape index (κ2) is 8.16. The van der Waals surface area contributed by atoms with Crippen molar-refractivity contribution in [3.63, 3.8) is 0 Å². The zero-order chi connectivity index (χ0) is 19.4. The zero-order valence-corrected chi connectivity index (χ0v) is 15.4. The fourth-order valence-electron chi connectivity index (χ4n) is 2.43. The lowest BCUT2D eigenvalue weighted by atomic mass is 10.1. The molecule has 1 aromatic heterocycles. The van der Waals surface area contributed by atoms with E-state index in [-0.39, 0.29) is 16.8 Å². The molecule has 0 radical (unpaired) electrons. The topological polar surface area (TPSA) is 66.4 Å². The summed E-state index contributed by atoms with van der Waals surface area (Å²) in [5.41, 5.74) is 1.12. The first-order valence-corrected chi connectivity index (χ1v) is 9.06. The predicted octanol–water partition coefficient (Wildman–Crippen LogP) is 5.56. The van der Waals surface area contributed by atoms with E-state index in [0.29, 0.717) is 15.5 Å². The minimum Gasteiger partial charge on any atom is -0.478 e. The van der Waals surface area contributed by atoms with Crippen molar-refractivity contribution in [3.05, 3.63) is 82.0 Å². The van der Waals surface area contributed by atoms with Gasteiger partial charge in [0.1, 0.15) is 11.4 Å². The van der Waals surface area contributed by atoms with Crippen LogP contribution >= 0.6 is 22.9 Å². The van der Waals surface area contributed by atoms with Gasteiger partial charge in [-0.2, -0.15) is 0 Å². The van der Waals surface area contributed by atoms with E-state index in [1.54, 1.807) is 41.8 Å². The molecule has 0 saturated heterocycles. The zero-order valence-electron chi connectivity index (χ0n) is 13.8. The van der Waals surface area contributed by atoms with Crippen LogP contribution in [0.3, 0.4) is 0 Å². The molecule has 0 unspecified atom stereocenters. The van der Waals surface area contributed by atoms with Crippen LogP contribution in [0.4, 0.5) is 10.1 Å².